The lowest BCUT2D eigenvalue weighted by Gasteiger charge is -2.26. The fourth-order valence-corrected chi connectivity index (χ4v) is 3.73. The molecule has 0 aliphatic carbocycles. The fraction of sp³-hybridized carbons (Fsp3) is 0.0870. The van der Waals surface area contributed by atoms with Crippen molar-refractivity contribution in [2.24, 2.45) is 0 Å². The van der Waals surface area contributed by atoms with Crippen LogP contribution >= 0.6 is 0 Å². The standard InChI is InChI=1S/C23H13F2NO4/c24-16-5-3-13(9-17(16)25)15-10-20(27)29-18-6-4-14-22(28)19(30-23(14)21(15)18)8-12-2-1-7-26-11-12/h1-9,11,15H,10H2/b19-8-/t15-/m0/s1. The highest BCUT2D eigenvalue weighted by Crippen LogP contribution is 2.49. The lowest BCUT2D eigenvalue weighted by Crippen LogP contribution is -2.21. The van der Waals surface area contributed by atoms with Crippen molar-refractivity contribution in [2.75, 3.05) is 0 Å². The van der Waals surface area contributed by atoms with Crippen molar-refractivity contribution in [3.8, 4) is 11.5 Å². The minimum atomic E-state index is -1.02. The van der Waals surface area contributed by atoms with Crippen molar-refractivity contribution in [2.45, 2.75) is 12.3 Å². The van der Waals surface area contributed by atoms with E-state index in [0.29, 0.717) is 22.3 Å². The number of aromatic nitrogens is 1. The molecule has 0 unspecified atom stereocenters. The number of halogens is 2. The molecule has 2 aliphatic rings. The van der Waals surface area contributed by atoms with Crippen molar-refractivity contribution in [3.05, 3.63) is 94.5 Å². The van der Waals surface area contributed by atoms with Gasteiger partial charge in [0, 0.05) is 23.9 Å². The lowest BCUT2D eigenvalue weighted by molar-refractivity contribution is -0.135. The fourth-order valence-electron chi connectivity index (χ4n) is 3.73. The number of ether oxygens (including phenoxy) is 2. The molecule has 5 rings (SSSR count). The van der Waals surface area contributed by atoms with E-state index in [0.717, 1.165) is 12.1 Å². The average Bonchev–Trinajstić information content (AvgIpc) is 3.05. The number of esters is 1. The molecule has 0 radical (unpaired) electrons. The van der Waals surface area contributed by atoms with Gasteiger partial charge < -0.3 is 9.47 Å². The van der Waals surface area contributed by atoms with Gasteiger partial charge in [-0.05, 0) is 47.5 Å². The number of carbonyl (C=O) groups excluding carboxylic acids is 2. The van der Waals surface area contributed by atoms with Crippen molar-refractivity contribution >= 4 is 17.8 Å². The van der Waals surface area contributed by atoms with Gasteiger partial charge in [-0.15, -0.1) is 0 Å². The third-order valence-electron chi connectivity index (χ3n) is 5.11. The Bertz CT molecular complexity index is 1240. The van der Waals surface area contributed by atoms with Crippen LogP contribution in [0.5, 0.6) is 11.5 Å². The molecule has 2 aromatic carbocycles. The smallest absolute Gasteiger partial charge is 0.312 e. The van der Waals surface area contributed by atoms with E-state index in [1.807, 2.05) is 0 Å². The Balaban J connectivity index is 1.63. The van der Waals surface area contributed by atoms with Gasteiger partial charge in [0.05, 0.1) is 12.0 Å². The highest BCUT2D eigenvalue weighted by molar-refractivity contribution is 6.15. The minimum absolute atomic E-state index is 0.0896. The van der Waals surface area contributed by atoms with Crippen molar-refractivity contribution < 1.29 is 27.8 Å². The van der Waals surface area contributed by atoms with Crippen molar-refractivity contribution in [1.82, 2.24) is 4.98 Å². The first kappa shape index (κ1) is 18.2. The minimum Gasteiger partial charge on any atom is -0.452 e. The van der Waals surface area contributed by atoms with Crippen LogP contribution in [0.1, 0.15) is 39.4 Å². The Kier molecular flexibility index (Phi) is 4.17. The third kappa shape index (κ3) is 2.95. The van der Waals surface area contributed by atoms with Gasteiger partial charge in [0.2, 0.25) is 5.78 Å². The van der Waals surface area contributed by atoms with E-state index >= 15 is 0 Å². The Labute approximate surface area is 169 Å². The number of allylic oxidation sites excluding steroid dienone is 1. The van der Waals surface area contributed by atoms with E-state index in [2.05, 4.69) is 4.98 Å². The van der Waals surface area contributed by atoms with E-state index in [-0.39, 0.29) is 29.5 Å². The number of pyridine rings is 1. The number of rotatable bonds is 2. The normalized spacial score (nSPS) is 18.6. The molecular formula is C23H13F2NO4. The number of carbonyl (C=O) groups is 2. The summed E-state index contributed by atoms with van der Waals surface area (Å²) in [6, 6.07) is 10.0. The molecule has 7 heteroatoms. The summed E-state index contributed by atoms with van der Waals surface area (Å²) in [5.41, 5.74) is 1.85. The van der Waals surface area contributed by atoms with E-state index in [9.17, 15) is 18.4 Å². The van der Waals surface area contributed by atoms with Gasteiger partial charge >= 0.3 is 5.97 Å². The Morgan fingerprint density at radius 3 is 2.67 bits per heavy atom. The molecule has 0 N–H and O–H groups in total. The first-order valence-electron chi connectivity index (χ1n) is 9.18. The number of fused-ring (bicyclic) bond motifs is 3. The zero-order chi connectivity index (χ0) is 20.8. The first-order valence-corrected chi connectivity index (χ1v) is 9.18. The van der Waals surface area contributed by atoms with Crippen LogP contribution in [0.2, 0.25) is 0 Å². The molecule has 0 fully saturated rings. The van der Waals surface area contributed by atoms with Crippen LogP contribution < -0.4 is 9.47 Å². The van der Waals surface area contributed by atoms with Gasteiger partial charge in [-0.25, -0.2) is 8.78 Å². The molecule has 0 saturated heterocycles. The molecule has 0 saturated carbocycles. The van der Waals surface area contributed by atoms with Gasteiger partial charge in [-0.2, -0.15) is 0 Å². The predicted octanol–water partition coefficient (Wildman–Crippen LogP) is 4.42. The third-order valence-corrected chi connectivity index (χ3v) is 5.11. The van der Waals surface area contributed by atoms with Crippen molar-refractivity contribution in [3.63, 3.8) is 0 Å². The molecule has 3 heterocycles. The highest BCUT2D eigenvalue weighted by atomic mass is 19.2. The van der Waals surface area contributed by atoms with Gasteiger partial charge in [0.25, 0.3) is 0 Å². The van der Waals surface area contributed by atoms with Crippen LogP contribution in [0, 0.1) is 11.6 Å². The van der Waals surface area contributed by atoms with Crippen LogP contribution in [-0.4, -0.2) is 16.7 Å². The summed E-state index contributed by atoms with van der Waals surface area (Å²) in [7, 11) is 0. The Morgan fingerprint density at radius 1 is 1.03 bits per heavy atom. The van der Waals surface area contributed by atoms with E-state index in [4.69, 9.17) is 9.47 Å². The summed E-state index contributed by atoms with van der Waals surface area (Å²) in [6.07, 6.45) is 4.69. The molecule has 30 heavy (non-hydrogen) atoms. The maximum atomic E-state index is 13.9. The number of benzene rings is 2. The summed E-state index contributed by atoms with van der Waals surface area (Å²) in [4.78, 5) is 29.0. The van der Waals surface area contributed by atoms with Gasteiger partial charge in [-0.3, -0.25) is 14.6 Å². The molecule has 0 bridgehead atoms. The molecule has 1 aromatic heterocycles. The first-order chi connectivity index (χ1) is 14.5. The SMILES string of the molecule is O=C1C[C@@H](c2ccc(F)c(F)c2)c2c(ccc3c2O/C(=C\c2cccnc2)C3=O)O1. The monoisotopic (exact) mass is 405 g/mol. The highest BCUT2D eigenvalue weighted by Gasteiger charge is 2.38. The molecule has 0 spiro atoms. The van der Waals surface area contributed by atoms with Crippen molar-refractivity contribution in [1.29, 1.82) is 0 Å². The molecule has 0 amide bonds. The second-order valence-corrected chi connectivity index (χ2v) is 6.98. The number of nitrogens with zero attached hydrogens (tertiary/aromatic N) is 1. The summed E-state index contributed by atoms with van der Waals surface area (Å²) >= 11 is 0. The Morgan fingerprint density at radius 2 is 1.90 bits per heavy atom. The number of hydrogen-bond donors (Lipinski definition) is 0. The predicted molar refractivity (Wildman–Crippen MR) is 102 cm³/mol. The molecule has 5 nitrogen and oxygen atoms in total. The number of Topliss-reactive ketones (excluding diaryl/α,β-unsaturated/α-hetero) is 1. The molecular weight excluding hydrogens is 392 g/mol. The second kappa shape index (κ2) is 6.88. The maximum Gasteiger partial charge on any atom is 0.312 e. The van der Waals surface area contributed by atoms with Crippen LogP contribution in [0.3, 0.4) is 0 Å². The number of ketones is 1. The largest absolute Gasteiger partial charge is 0.452 e. The van der Waals surface area contributed by atoms with Crippen LogP contribution in [-0.2, 0) is 4.79 Å². The Hall–Kier alpha value is -3.87. The summed E-state index contributed by atoms with van der Waals surface area (Å²) in [5.74, 6) is -2.88. The van der Waals surface area contributed by atoms with E-state index < -0.39 is 23.5 Å². The summed E-state index contributed by atoms with van der Waals surface area (Å²) in [5, 5.41) is 0. The second-order valence-electron chi connectivity index (χ2n) is 6.98. The topological polar surface area (TPSA) is 65.5 Å². The zero-order valence-corrected chi connectivity index (χ0v) is 15.4. The van der Waals surface area contributed by atoms with Crippen LogP contribution in [0.15, 0.2) is 60.6 Å². The quantitative estimate of drug-likeness (QED) is 0.359. The maximum absolute atomic E-state index is 13.9. The molecule has 2 aliphatic heterocycles. The zero-order valence-electron chi connectivity index (χ0n) is 15.4. The molecule has 1 atom stereocenters. The van der Waals surface area contributed by atoms with Crippen LogP contribution in [0.25, 0.3) is 6.08 Å². The van der Waals surface area contributed by atoms with Crippen LogP contribution in [0.4, 0.5) is 8.78 Å². The van der Waals surface area contributed by atoms with Gasteiger partial charge in [0.15, 0.2) is 17.4 Å². The summed E-state index contributed by atoms with van der Waals surface area (Å²) in [6.45, 7) is 0. The lowest BCUT2D eigenvalue weighted by atomic mass is 9.84. The van der Waals surface area contributed by atoms with Gasteiger partial charge in [0.1, 0.15) is 11.5 Å². The average molecular weight is 405 g/mol. The molecule has 148 valence electrons. The van der Waals surface area contributed by atoms with Gasteiger partial charge in [-0.1, -0.05) is 12.1 Å². The van der Waals surface area contributed by atoms with E-state index in [1.165, 1.54) is 18.2 Å². The summed E-state index contributed by atoms with van der Waals surface area (Å²) < 4.78 is 38.5. The number of hydrogen-bond acceptors (Lipinski definition) is 5. The van der Waals surface area contributed by atoms with E-state index in [1.54, 1.807) is 30.6 Å². The molecule has 3 aromatic rings.